The van der Waals surface area contributed by atoms with Crippen LogP contribution in [0.2, 0.25) is 0 Å². The van der Waals surface area contributed by atoms with Gasteiger partial charge in [0.2, 0.25) is 5.91 Å². The Kier molecular flexibility index (Phi) is 5.24. The first-order valence-corrected chi connectivity index (χ1v) is 8.78. The average molecular weight is 319 g/mol. The summed E-state index contributed by atoms with van der Waals surface area (Å²) < 4.78 is 32.4. The lowest BCUT2D eigenvalue weighted by molar-refractivity contribution is -0.135. The quantitative estimate of drug-likeness (QED) is 0.725. The number of hydrogen-bond acceptors (Lipinski definition) is 4. The van der Waals surface area contributed by atoms with Gasteiger partial charge < -0.3 is 9.64 Å². The fraction of sp³-hybridized carbons (Fsp3) is 0.923. The van der Waals surface area contributed by atoms with Crippen molar-refractivity contribution < 1.29 is 17.9 Å². The van der Waals surface area contributed by atoms with Crippen molar-refractivity contribution in [2.75, 3.05) is 40.4 Å². The molecular formula is C13H25N3O4S. The van der Waals surface area contributed by atoms with Gasteiger partial charge in [-0.05, 0) is 19.3 Å². The first-order valence-electron chi connectivity index (χ1n) is 7.38. The van der Waals surface area contributed by atoms with E-state index in [4.69, 9.17) is 4.74 Å². The van der Waals surface area contributed by atoms with Gasteiger partial charge in [0.25, 0.3) is 10.2 Å². The summed E-state index contributed by atoms with van der Waals surface area (Å²) >= 11 is 0. The van der Waals surface area contributed by atoms with E-state index in [0.717, 1.165) is 12.8 Å². The predicted molar refractivity (Wildman–Crippen MR) is 78.9 cm³/mol. The molecular weight excluding hydrogens is 294 g/mol. The Morgan fingerprint density at radius 2 is 1.76 bits per heavy atom. The number of ether oxygens (including phenoxy) is 1. The van der Waals surface area contributed by atoms with Crippen molar-refractivity contribution in [3.8, 4) is 0 Å². The molecule has 0 spiro atoms. The minimum atomic E-state index is -3.40. The van der Waals surface area contributed by atoms with Gasteiger partial charge in [-0.3, -0.25) is 4.79 Å². The Hall–Kier alpha value is -0.700. The Morgan fingerprint density at radius 1 is 1.14 bits per heavy atom. The van der Waals surface area contributed by atoms with Gasteiger partial charge in [-0.2, -0.15) is 17.0 Å². The molecule has 2 aliphatic heterocycles. The Morgan fingerprint density at radius 3 is 2.29 bits per heavy atom. The van der Waals surface area contributed by atoms with Crippen LogP contribution < -0.4 is 0 Å². The monoisotopic (exact) mass is 319 g/mol. The zero-order chi connectivity index (χ0) is 15.6. The van der Waals surface area contributed by atoms with Gasteiger partial charge in [-0.15, -0.1) is 0 Å². The molecule has 0 aromatic heterocycles. The first kappa shape index (κ1) is 16.7. The summed E-state index contributed by atoms with van der Waals surface area (Å²) in [4.78, 5) is 13.9. The second-order valence-corrected chi connectivity index (χ2v) is 8.00. The third-order valence-electron chi connectivity index (χ3n) is 4.26. The molecule has 1 amide bonds. The standard InChI is InChI=1S/C13H25N3O4S/c1-11(17)16(12-5-8-20-9-6-12)13-4-7-15(10-13)21(18,19)14(2)3/h12-13H,4-10H2,1-3H3. The van der Waals surface area contributed by atoms with Crippen LogP contribution in [0.15, 0.2) is 0 Å². The van der Waals surface area contributed by atoms with Crippen molar-refractivity contribution in [2.24, 2.45) is 0 Å². The lowest BCUT2D eigenvalue weighted by atomic mass is 10.0. The van der Waals surface area contributed by atoms with Crippen LogP contribution in [0, 0.1) is 0 Å². The number of amides is 1. The SMILES string of the molecule is CC(=O)N(C1CCOCC1)C1CCN(S(=O)(=O)N(C)C)C1. The zero-order valence-corrected chi connectivity index (χ0v) is 13.8. The van der Waals surface area contributed by atoms with E-state index in [1.54, 1.807) is 6.92 Å². The topological polar surface area (TPSA) is 70.2 Å². The van der Waals surface area contributed by atoms with E-state index in [1.165, 1.54) is 22.7 Å². The maximum Gasteiger partial charge on any atom is 0.281 e. The van der Waals surface area contributed by atoms with Gasteiger partial charge in [-0.1, -0.05) is 0 Å². The van der Waals surface area contributed by atoms with E-state index < -0.39 is 10.2 Å². The molecule has 21 heavy (non-hydrogen) atoms. The lowest BCUT2D eigenvalue weighted by Gasteiger charge is -2.38. The molecule has 2 fully saturated rings. The van der Waals surface area contributed by atoms with E-state index in [2.05, 4.69) is 0 Å². The predicted octanol–water partition coefficient (Wildman–Crippen LogP) is -0.105. The molecule has 2 aliphatic rings. The molecule has 2 heterocycles. The summed E-state index contributed by atoms with van der Waals surface area (Å²) in [5, 5.41) is 0. The van der Waals surface area contributed by atoms with Crippen molar-refractivity contribution in [3.05, 3.63) is 0 Å². The average Bonchev–Trinajstić information content (AvgIpc) is 2.89. The molecule has 0 aromatic rings. The van der Waals surface area contributed by atoms with Gasteiger partial charge >= 0.3 is 0 Å². The fourth-order valence-electron chi connectivity index (χ4n) is 3.15. The van der Waals surface area contributed by atoms with Crippen LogP contribution in [0.1, 0.15) is 26.2 Å². The maximum atomic E-state index is 12.2. The van der Waals surface area contributed by atoms with Crippen molar-refractivity contribution >= 4 is 16.1 Å². The highest BCUT2D eigenvalue weighted by Crippen LogP contribution is 2.25. The van der Waals surface area contributed by atoms with E-state index in [-0.39, 0.29) is 18.0 Å². The Bertz CT molecular complexity index is 474. The molecule has 1 atom stereocenters. The van der Waals surface area contributed by atoms with Crippen molar-refractivity contribution in [3.63, 3.8) is 0 Å². The third-order valence-corrected chi connectivity index (χ3v) is 6.16. The molecule has 0 aromatic carbocycles. The van der Waals surface area contributed by atoms with Crippen LogP contribution in [0.25, 0.3) is 0 Å². The summed E-state index contributed by atoms with van der Waals surface area (Å²) in [7, 11) is -0.332. The summed E-state index contributed by atoms with van der Waals surface area (Å²) in [6.45, 7) is 3.76. The zero-order valence-electron chi connectivity index (χ0n) is 13.0. The molecule has 0 N–H and O–H groups in total. The number of carbonyl (C=O) groups is 1. The third kappa shape index (κ3) is 3.56. The van der Waals surface area contributed by atoms with Crippen LogP contribution in [-0.2, 0) is 19.7 Å². The van der Waals surface area contributed by atoms with Gasteiger partial charge in [-0.25, -0.2) is 0 Å². The summed E-state index contributed by atoms with van der Waals surface area (Å²) in [5.74, 6) is 0.0241. The van der Waals surface area contributed by atoms with Gasteiger partial charge in [0.05, 0.1) is 0 Å². The first-order chi connectivity index (χ1) is 9.84. The van der Waals surface area contributed by atoms with Crippen LogP contribution in [0.5, 0.6) is 0 Å². The molecule has 8 heteroatoms. The number of nitrogens with zero attached hydrogens (tertiary/aromatic N) is 3. The van der Waals surface area contributed by atoms with Gasteiger partial charge in [0, 0.05) is 59.4 Å². The summed E-state index contributed by atoms with van der Waals surface area (Å²) in [5.41, 5.74) is 0. The van der Waals surface area contributed by atoms with E-state index >= 15 is 0 Å². The molecule has 1 unspecified atom stereocenters. The fourth-order valence-corrected chi connectivity index (χ4v) is 4.31. The molecule has 0 saturated carbocycles. The van der Waals surface area contributed by atoms with Crippen molar-refractivity contribution in [2.45, 2.75) is 38.3 Å². The molecule has 0 bridgehead atoms. The molecule has 0 radical (unpaired) electrons. The van der Waals surface area contributed by atoms with Crippen molar-refractivity contribution in [1.82, 2.24) is 13.5 Å². The highest BCUT2D eigenvalue weighted by Gasteiger charge is 2.39. The minimum absolute atomic E-state index is 0.0241. The van der Waals surface area contributed by atoms with Crippen LogP contribution >= 0.6 is 0 Å². The summed E-state index contributed by atoms with van der Waals surface area (Å²) in [6, 6.07) is 0.142. The molecule has 122 valence electrons. The second-order valence-electron chi connectivity index (χ2n) is 5.86. The molecule has 7 nitrogen and oxygen atoms in total. The lowest BCUT2D eigenvalue weighted by Crippen LogP contribution is -2.50. The number of hydrogen-bond donors (Lipinski definition) is 0. The van der Waals surface area contributed by atoms with Crippen LogP contribution in [0.4, 0.5) is 0 Å². The molecule has 2 saturated heterocycles. The maximum absolute atomic E-state index is 12.2. The van der Waals surface area contributed by atoms with Crippen LogP contribution in [-0.4, -0.2) is 80.3 Å². The van der Waals surface area contributed by atoms with E-state index in [0.29, 0.717) is 32.7 Å². The summed E-state index contributed by atoms with van der Waals surface area (Å²) in [6.07, 6.45) is 2.36. The largest absolute Gasteiger partial charge is 0.381 e. The smallest absolute Gasteiger partial charge is 0.281 e. The highest BCUT2D eigenvalue weighted by molar-refractivity contribution is 7.86. The highest BCUT2D eigenvalue weighted by atomic mass is 32.2. The number of carbonyl (C=O) groups excluding carboxylic acids is 1. The van der Waals surface area contributed by atoms with Crippen LogP contribution in [0.3, 0.4) is 0 Å². The van der Waals surface area contributed by atoms with Gasteiger partial charge in [0.15, 0.2) is 0 Å². The number of rotatable bonds is 4. The normalized spacial score (nSPS) is 25.4. The minimum Gasteiger partial charge on any atom is -0.381 e. The van der Waals surface area contributed by atoms with Crippen molar-refractivity contribution in [1.29, 1.82) is 0 Å². The molecule has 0 aliphatic carbocycles. The van der Waals surface area contributed by atoms with E-state index in [1.807, 2.05) is 4.90 Å². The second kappa shape index (κ2) is 6.60. The Labute approximate surface area is 127 Å². The Balaban J connectivity index is 2.08. The van der Waals surface area contributed by atoms with Gasteiger partial charge in [0.1, 0.15) is 0 Å². The molecule has 2 rings (SSSR count). The van der Waals surface area contributed by atoms with E-state index in [9.17, 15) is 13.2 Å².